The van der Waals surface area contributed by atoms with Gasteiger partial charge in [-0.2, -0.15) is 0 Å². The summed E-state index contributed by atoms with van der Waals surface area (Å²) in [6.07, 6.45) is 3.34. The highest BCUT2D eigenvalue weighted by molar-refractivity contribution is 7.22. The molecule has 0 amide bonds. The Morgan fingerprint density at radius 1 is 0.900 bits per heavy atom. The van der Waals surface area contributed by atoms with Crippen LogP contribution >= 0.6 is 11.3 Å². The van der Waals surface area contributed by atoms with E-state index in [1.54, 1.807) is 0 Å². The van der Waals surface area contributed by atoms with Crippen LogP contribution in [0.4, 0.5) is 0 Å². The molecule has 2 heterocycles. The summed E-state index contributed by atoms with van der Waals surface area (Å²) in [7, 11) is 0. The third-order valence-electron chi connectivity index (χ3n) is 5.99. The zero-order valence-electron chi connectivity index (χ0n) is 16.1. The monoisotopic (exact) mass is 410 g/mol. The molecule has 0 saturated carbocycles. The van der Waals surface area contributed by atoms with Crippen LogP contribution < -0.4 is 11.2 Å². The molecule has 5 aromatic rings. The molecule has 0 radical (unpaired) electrons. The molecule has 0 fully saturated rings. The molecule has 3 aromatic carbocycles. The predicted octanol–water partition coefficient (Wildman–Crippen LogP) is 5.05. The summed E-state index contributed by atoms with van der Waals surface area (Å²) in [4.78, 5) is 30.3. The first-order chi connectivity index (χ1) is 14.7. The number of aryl methyl sites for hydroxylation is 1. The molecule has 146 valence electrons. The number of nitrogens with zero attached hydrogens (tertiary/aromatic N) is 1. The Morgan fingerprint density at radius 3 is 2.67 bits per heavy atom. The summed E-state index contributed by atoms with van der Waals surface area (Å²) in [5.74, 6) is 0. The third-order valence-corrected chi connectivity index (χ3v) is 7.15. The maximum atomic E-state index is 13.4. The van der Waals surface area contributed by atoms with Gasteiger partial charge in [-0.3, -0.25) is 4.79 Å². The van der Waals surface area contributed by atoms with Crippen molar-refractivity contribution in [3.63, 3.8) is 0 Å². The van der Waals surface area contributed by atoms with Crippen molar-refractivity contribution in [2.45, 2.75) is 19.3 Å². The van der Waals surface area contributed by atoms with Crippen molar-refractivity contribution in [1.29, 1.82) is 0 Å². The van der Waals surface area contributed by atoms with Crippen LogP contribution in [0.2, 0.25) is 0 Å². The van der Waals surface area contributed by atoms with Crippen molar-refractivity contribution in [1.82, 2.24) is 9.55 Å². The number of aromatic nitrogens is 2. The number of rotatable bonds is 2. The number of H-pyrrole nitrogens is 1. The van der Waals surface area contributed by atoms with E-state index in [0.29, 0.717) is 15.9 Å². The smallest absolute Gasteiger partial charge is 0.306 e. The average Bonchev–Trinajstić information content (AvgIpc) is 3.41. The van der Waals surface area contributed by atoms with E-state index in [-0.39, 0.29) is 5.56 Å². The Hall–Kier alpha value is -3.44. The molecule has 2 aromatic heterocycles. The van der Waals surface area contributed by atoms with Crippen LogP contribution in [-0.4, -0.2) is 9.55 Å². The summed E-state index contributed by atoms with van der Waals surface area (Å²) in [6.45, 7) is 0. The van der Waals surface area contributed by atoms with E-state index in [0.717, 1.165) is 28.5 Å². The van der Waals surface area contributed by atoms with Crippen LogP contribution in [0.25, 0.3) is 37.1 Å². The molecule has 0 saturated heterocycles. The van der Waals surface area contributed by atoms with Gasteiger partial charge in [0, 0.05) is 10.3 Å². The van der Waals surface area contributed by atoms with Gasteiger partial charge < -0.3 is 4.98 Å². The van der Waals surface area contributed by atoms with Gasteiger partial charge in [-0.25, -0.2) is 9.36 Å². The minimum Gasteiger partial charge on any atom is -0.306 e. The highest BCUT2D eigenvalue weighted by Gasteiger charge is 2.19. The number of thiophene rings is 1. The van der Waals surface area contributed by atoms with Gasteiger partial charge in [0.25, 0.3) is 5.56 Å². The average molecular weight is 410 g/mol. The van der Waals surface area contributed by atoms with Gasteiger partial charge in [0.15, 0.2) is 0 Å². The first kappa shape index (κ1) is 17.4. The minimum atomic E-state index is -0.411. The first-order valence-corrected chi connectivity index (χ1v) is 10.9. The Kier molecular flexibility index (Phi) is 3.80. The fourth-order valence-corrected chi connectivity index (χ4v) is 5.71. The largest absolute Gasteiger partial charge is 0.333 e. The molecule has 30 heavy (non-hydrogen) atoms. The fourth-order valence-electron chi connectivity index (χ4n) is 4.61. The van der Waals surface area contributed by atoms with E-state index in [1.165, 1.54) is 39.0 Å². The molecule has 6 rings (SSSR count). The second kappa shape index (κ2) is 6.54. The summed E-state index contributed by atoms with van der Waals surface area (Å²) in [5, 5.41) is 1.87. The summed E-state index contributed by atoms with van der Waals surface area (Å²) >= 11 is 1.46. The zero-order valence-corrected chi connectivity index (χ0v) is 17.0. The van der Waals surface area contributed by atoms with Gasteiger partial charge in [0.2, 0.25) is 0 Å². The molecular weight excluding hydrogens is 392 g/mol. The minimum absolute atomic E-state index is 0.270. The van der Waals surface area contributed by atoms with Gasteiger partial charge >= 0.3 is 5.69 Å². The predicted molar refractivity (Wildman–Crippen MR) is 123 cm³/mol. The van der Waals surface area contributed by atoms with E-state index in [2.05, 4.69) is 23.2 Å². The third kappa shape index (κ3) is 2.52. The molecule has 0 aliphatic heterocycles. The van der Waals surface area contributed by atoms with Crippen molar-refractivity contribution in [3.8, 4) is 16.1 Å². The van der Waals surface area contributed by atoms with Crippen LogP contribution in [0.5, 0.6) is 0 Å². The summed E-state index contributed by atoms with van der Waals surface area (Å²) in [6, 6.07) is 21.8. The topological polar surface area (TPSA) is 54.9 Å². The number of aromatic amines is 1. The SMILES string of the molecule is O=c1[nH]c2cc(-c3cccc4c3CCC4)sc2c(=O)n1-c1cccc2ccccc12. The Bertz CT molecular complexity index is 1570. The van der Waals surface area contributed by atoms with Crippen LogP contribution in [-0.2, 0) is 12.8 Å². The molecule has 1 aliphatic carbocycles. The zero-order chi connectivity index (χ0) is 20.2. The van der Waals surface area contributed by atoms with Gasteiger partial charge in [0.05, 0.1) is 11.2 Å². The van der Waals surface area contributed by atoms with Crippen molar-refractivity contribution in [3.05, 3.63) is 98.7 Å². The fraction of sp³-hybridized carbons (Fsp3) is 0.120. The molecule has 1 aliphatic rings. The number of benzene rings is 3. The molecule has 5 heteroatoms. The van der Waals surface area contributed by atoms with Crippen molar-refractivity contribution in [2.75, 3.05) is 0 Å². The lowest BCUT2D eigenvalue weighted by Crippen LogP contribution is -2.33. The lowest BCUT2D eigenvalue weighted by molar-refractivity contribution is 0.911. The first-order valence-electron chi connectivity index (χ1n) is 10.1. The molecular formula is C25H18N2O2S. The second-order valence-electron chi connectivity index (χ2n) is 7.72. The maximum absolute atomic E-state index is 13.4. The van der Waals surface area contributed by atoms with E-state index in [9.17, 15) is 9.59 Å². The van der Waals surface area contributed by atoms with Crippen LogP contribution in [0.3, 0.4) is 0 Å². The van der Waals surface area contributed by atoms with Crippen LogP contribution in [0.15, 0.2) is 76.3 Å². The molecule has 4 nitrogen and oxygen atoms in total. The Morgan fingerprint density at radius 2 is 1.73 bits per heavy atom. The van der Waals surface area contributed by atoms with Crippen molar-refractivity contribution < 1.29 is 0 Å². The Labute approximate surface area is 176 Å². The van der Waals surface area contributed by atoms with E-state index in [1.807, 2.05) is 48.5 Å². The lowest BCUT2D eigenvalue weighted by atomic mass is 10.0. The van der Waals surface area contributed by atoms with E-state index < -0.39 is 5.69 Å². The molecule has 0 spiro atoms. The summed E-state index contributed by atoms with van der Waals surface area (Å²) in [5.41, 5.74) is 4.49. The van der Waals surface area contributed by atoms with Crippen LogP contribution in [0.1, 0.15) is 17.5 Å². The molecule has 0 atom stereocenters. The molecule has 1 N–H and O–H groups in total. The van der Waals surface area contributed by atoms with Crippen molar-refractivity contribution >= 4 is 32.3 Å². The number of nitrogens with one attached hydrogen (secondary N) is 1. The number of hydrogen-bond donors (Lipinski definition) is 1. The quantitative estimate of drug-likeness (QED) is 0.443. The van der Waals surface area contributed by atoms with Gasteiger partial charge in [0.1, 0.15) is 4.70 Å². The second-order valence-corrected chi connectivity index (χ2v) is 8.77. The number of hydrogen-bond acceptors (Lipinski definition) is 3. The highest BCUT2D eigenvalue weighted by Crippen LogP contribution is 2.37. The standard InChI is InChI=1S/C25H18N2O2S/c28-24-23-20(14-22(30-23)19-12-4-8-15-7-3-11-17(15)19)26-25(29)27(24)21-13-5-9-16-6-1-2-10-18(16)21/h1-2,4-6,8-10,12-14H,3,7,11H2,(H,26,29). The Balaban J connectivity index is 1.61. The van der Waals surface area contributed by atoms with Gasteiger partial charge in [-0.1, -0.05) is 54.6 Å². The van der Waals surface area contributed by atoms with Crippen LogP contribution in [0, 0.1) is 0 Å². The molecule has 0 bridgehead atoms. The number of fused-ring (bicyclic) bond motifs is 3. The normalized spacial score (nSPS) is 13.2. The van der Waals surface area contributed by atoms with Gasteiger partial charge in [-0.15, -0.1) is 11.3 Å². The lowest BCUT2D eigenvalue weighted by Gasteiger charge is -2.08. The van der Waals surface area contributed by atoms with Gasteiger partial charge in [-0.05, 0) is 53.5 Å². The summed E-state index contributed by atoms with van der Waals surface area (Å²) < 4.78 is 1.84. The highest BCUT2D eigenvalue weighted by atomic mass is 32.1. The van der Waals surface area contributed by atoms with E-state index >= 15 is 0 Å². The maximum Gasteiger partial charge on any atom is 0.333 e. The van der Waals surface area contributed by atoms with E-state index in [4.69, 9.17) is 0 Å². The van der Waals surface area contributed by atoms with Crippen molar-refractivity contribution in [2.24, 2.45) is 0 Å². The molecule has 0 unspecified atom stereocenters.